The molecule has 3 nitrogen and oxygen atoms in total. The third kappa shape index (κ3) is 3.33. The molecule has 8 aromatic carbocycles. The Bertz CT molecular complexity index is 3340. The van der Waals surface area contributed by atoms with Gasteiger partial charge in [-0.25, -0.2) is 0 Å². The summed E-state index contributed by atoms with van der Waals surface area (Å²) in [6.07, 6.45) is 0. The fourth-order valence-corrected chi connectivity index (χ4v) is 9.95. The van der Waals surface area contributed by atoms with Crippen molar-refractivity contribution in [1.82, 2.24) is 8.80 Å². The van der Waals surface area contributed by atoms with Gasteiger partial charge in [0.25, 0.3) is 0 Å². The van der Waals surface area contributed by atoms with Gasteiger partial charge < -0.3 is 13.7 Å². The standard InChI is InChI=1S/C46H27N3S/c1-2-13-30-28(11-1)12-9-20-37(30)47(41-21-10-17-36-33-16-5-8-22-43(33)50-46(36)41)29-23-26-40-42(27-29)49-39-19-7-4-15-32(39)35-25-24-34-31-14-3-6-18-38(31)48(40)44(34)45(35)49/h1-27H. The summed E-state index contributed by atoms with van der Waals surface area (Å²) in [6.45, 7) is 0. The van der Waals surface area contributed by atoms with Gasteiger partial charge in [0.1, 0.15) is 0 Å². The van der Waals surface area contributed by atoms with E-state index in [0.29, 0.717) is 0 Å². The van der Waals surface area contributed by atoms with Crippen LogP contribution in [0.25, 0.3) is 85.6 Å². The third-order valence-corrected chi connectivity index (χ3v) is 12.0. The number of para-hydroxylation sites is 2. The van der Waals surface area contributed by atoms with Crippen molar-refractivity contribution in [1.29, 1.82) is 0 Å². The quantitative estimate of drug-likeness (QED) is 0.173. The van der Waals surface area contributed by atoms with Crippen LogP contribution in [0.15, 0.2) is 164 Å². The molecule has 0 N–H and O–H groups in total. The Labute approximate surface area is 290 Å². The first-order chi connectivity index (χ1) is 24.8. The number of hydrogen-bond donors (Lipinski definition) is 0. The monoisotopic (exact) mass is 653 g/mol. The van der Waals surface area contributed by atoms with Gasteiger partial charge >= 0.3 is 0 Å². The molecule has 0 unspecified atom stereocenters. The van der Waals surface area contributed by atoms with Crippen LogP contribution in [0.2, 0.25) is 0 Å². The lowest BCUT2D eigenvalue weighted by molar-refractivity contribution is 1.24. The molecule has 4 heteroatoms. The SMILES string of the molecule is c1ccc2c(N(c3ccc4c(c3)n3c5ccccc5c5ccc6c7ccccc7n4c6c53)c3cccc4c3sc3ccccc34)cccc2c1. The molecular formula is C46H27N3S. The van der Waals surface area contributed by atoms with Crippen molar-refractivity contribution in [3.05, 3.63) is 164 Å². The maximum absolute atomic E-state index is 2.52. The number of rotatable bonds is 3. The van der Waals surface area contributed by atoms with Crippen LogP contribution >= 0.6 is 11.3 Å². The molecule has 0 spiro atoms. The Morgan fingerprint density at radius 2 is 0.960 bits per heavy atom. The number of nitrogens with zero attached hydrogens (tertiary/aromatic N) is 3. The molecule has 50 heavy (non-hydrogen) atoms. The van der Waals surface area contributed by atoms with Crippen molar-refractivity contribution in [2.75, 3.05) is 4.90 Å². The molecule has 4 heterocycles. The minimum Gasteiger partial charge on any atom is -0.308 e. The summed E-state index contributed by atoms with van der Waals surface area (Å²) in [5, 5.41) is 10.2. The highest BCUT2D eigenvalue weighted by atomic mass is 32.1. The number of thiophene rings is 1. The fourth-order valence-electron chi connectivity index (χ4n) is 8.74. The molecule has 0 bridgehead atoms. The Morgan fingerprint density at radius 3 is 1.74 bits per heavy atom. The summed E-state index contributed by atoms with van der Waals surface area (Å²) in [4.78, 5) is 2.49. The second-order valence-electron chi connectivity index (χ2n) is 13.3. The minimum absolute atomic E-state index is 1.13. The van der Waals surface area contributed by atoms with Crippen molar-refractivity contribution in [2.24, 2.45) is 0 Å². The summed E-state index contributed by atoms with van der Waals surface area (Å²) in [5.41, 5.74) is 10.9. The van der Waals surface area contributed by atoms with Gasteiger partial charge in [0.05, 0.1) is 49.2 Å². The zero-order valence-electron chi connectivity index (χ0n) is 26.8. The van der Waals surface area contributed by atoms with Gasteiger partial charge in [-0.1, -0.05) is 115 Å². The van der Waals surface area contributed by atoms with E-state index in [1.165, 1.54) is 97.0 Å². The zero-order valence-corrected chi connectivity index (χ0v) is 27.7. The van der Waals surface area contributed by atoms with Crippen LogP contribution in [0.3, 0.4) is 0 Å². The van der Waals surface area contributed by atoms with Crippen molar-refractivity contribution in [3.8, 4) is 0 Å². The van der Waals surface area contributed by atoms with Crippen LogP contribution in [0, 0.1) is 0 Å². The van der Waals surface area contributed by atoms with Crippen molar-refractivity contribution in [3.63, 3.8) is 0 Å². The van der Waals surface area contributed by atoms with Crippen molar-refractivity contribution >= 4 is 114 Å². The fraction of sp³-hybridized carbons (Fsp3) is 0. The summed E-state index contributed by atoms with van der Waals surface area (Å²) < 4.78 is 7.61. The molecule has 0 saturated heterocycles. The second kappa shape index (κ2) is 9.63. The number of anilines is 3. The summed E-state index contributed by atoms with van der Waals surface area (Å²) >= 11 is 1.88. The lowest BCUT2D eigenvalue weighted by Gasteiger charge is -2.28. The predicted molar refractivity (Wildman–Crippen MR) is 215 cm³/mol. The molecule has 0 fully saturated rings. The van der Waals surface area contributed by atoms with Gasteiger partial charge in [-0.3, -0.25) is 0 Å². The van der Waals surface area contributed by atoms with Crippen LogP contribution in [-0.2, 0) is 0 Å². The predicted octanol–water partition coefficient (Wildman–Crippen LogP) is 13.2. The Hall–Kier alpha value is -6.36. The van der Waals surface area contributed by atoms with E-state index in [4.69, 9.17) is 0 Å². The van der Waals surface area contributed by atoms with E-state index in [0.717, 1.165) is 5.69 Å². The zero-order chi connectivity index (χ0) is 32.5. The van der Waals surface area contributed by atoms with E-state index in [9.17, 15) is 0 Å². The molecule has 12 aromatic rings. The maximum Gasteiger partial charge on any atom is 0.0789 e. The topological polar surface area (TPSA) is 12.1 Å². The number of hydrogen-bond acceptors (Lipinski definition) is 2. The number of aromatic nitrogens is 2. The lowest BCUT2D eigenvalue weighted by atomic mass is 10.1. The van der Waals surface area contributed by atoms with Gasteiger partial charge in [-0.15, -0.1) is 11.3 Å². The highest BCUT2D eigenvalue weighted by Crippen LogP contribution is 2.48. The molecule has 4 aromatic heterocycles. The van der Waals surface area contributed by atoms with Gasteiger partial charge in [-0.2, -0.15) is 0 Å². The van der Waals surface area contributed by atoms with E-state index in [1.54, 1.807) is 0 Å². The summed E-state index contributed by atoms with van der Waals surface area (Å²) in [5.74, 6) is 0. The molecular weight excluding hydrogens is 627 g/mol. The first-order valence-electron chi connectivity index (χ1n) is 17.1. The first kappa shape index (κ1) is 26.6. The molecule has 0 atom stereocenters. The number of fused-ring (bicyclic) bond motifs is 13. The van der Waals surface area contributed by atoms with E-state index < -0.39 is 0 Å². The number of benzene rings is 8. The van der Waals surface area contributed by atoms with E-state index in [2.05, 4.69) is 177 Å². The normalized spacial score (nSPS) is 12.4. The van der Waals surface area contributed by atoms with E-state index in [-0.39, 0.29) is 0 Å². The average molecular weight is 654 g/mol. The molecule has 0 radical (unpaired) electrons. The van der Waals surface area contributed by atoms with Crippen molar-refractivity contribution in [2.45, 2.75) is 0 Å². The maximum atomic E-state index is 2.52. The van der Waals surface area contributed by atoms with Crippen LogP contribution in [0.1, 0.15) is 0 Å². The Balaban J connectivity index is 1.26. The van der Waals surface area contributed by atoms with Gasteiger partial charge in [-0.05, 0) is 53.9 Å². The molecule has 0 aliphatic carbocycles. The first-order valence-corrected chi connectivity index (χ1v) is 17.9. The van der Waals surface area contributed by atoms with Gasteiger partial charge in [0.15, 0.2) is 0 Å². The largest absolute Gasteiger partial charge is 0.308 e. The molecule has 0 saturated carbocycles. The summed E-state index contributed by atoms with van der Waals surface area (Å²) in [6, 6.07) is 60.4. The third-order valence-electron chi connectivity index (χ3n) is 10.8. The Morgan fingerprint density at radius 1 is 0.380 bits per heavy atom. The van der Waals surface area contributed by atoms with Crippen LogP contribution in [0.4, 0.5) is 17.1 Å². The van der Waals surface area contributed by atoms with Crippen LogP contribution < -0.4 is 4.90 Å². The molecule has 0 amide bonds. The molecule has 12 rings (SSSR count). The highest BCUT2D eigenvalue weighted by Gasteiger charge is 2.24. The van der Waals surface area contributed by atoms with Gasteiger partial charge in [0, 0.05) is 48.1 Å². The van der Waals surface area contributed by atoms with Crippen LogP contribution in [0.5, 0.6) is 0 Å². The highest BCUT2D eigenvalue weighted by molar-refractivity contribution is 7.26. The van der Waals surface area contributed by atoms with E-state index in [1.807, 2.05) is 11.3 Å². The Kier molecular flexibility index (Phi) is 5.12. The van der Waals surface area contributed by atoms with E-state index >= 15 is 0 Å². The summed E-state index contributed by atoms with van der Waals surface area (Å²) in [7, 11) is 0. The molecule has 232 valence electrons. The lowest BCUT2D eigenvalue weighted by Crippen LogP contribution is -2.11. The molecule has 0 aliphatic rings. The van der Waals surface area contributed by atoms with Crippen LogP contribution in [-0.4, -0.2) is 8.80 Å². The second-order valence-corrected chi connectivity index (χ2v) is 14.4. The van der Waals surface area contributed by atoms with Gasteiger partial charge in [0.2, 0.25) is 0 Å². The minimum atomic E-state index is 1.13. The van der Waals surface area contributed by atoms with Crippen molar-refractivity contribution < 1.29 is 0 Å². The molecule has 0 aliphatic heterocycles. The average Bonchev–Trinajstić information content (AvgIpc) is 3.84. The smallest absolute Gasteiger partial charge is 0.0789 e.